The molecule has 0 radical (unpaired) electrons. The van der Waals surface area contributed by atoms with Crippen molar-refractivity contribution in [3.8, 4) is 27.6 Å². The maximum absolute atomic E-state index is 11.9. The summed E-state index contributed by atoms with van der Waals surface area (Å²) in [5.41, 5.74) is 4.81. The van der Waals surface area contributed by atoms with Gasteiger partial charge in [-0.25, -0.2) is 14.5 Å². The standard InChI is InChI=1S/C22H17N3O3S/c1-13-19(15-7-4-3-5-8-15)24-25(22-23-18(12-29-22)21(27)28)20(13)17-10-6-9-16(11-17)14(2)26/h3-12H,1-2H3,(H,27,28). The average molecular weight is 403 g/mol. The van der Waals surface area contributed by atoms with Gasteiger partial charge in [0.2, 0.25) is 5.13 Å². The van der Waals surface area contributed by atoms with E-state index in [0.29, 0.717) is 10.7 Å². The van der Waals surface area contributed by atoms with Gasteiger partial charge in [-0.2, -0.15) is 5.10 Å². The van der Waals surface area contributed by atoms with E-state index in [1.165, 1.54) is 23.6 Å². The van der Waals surface area contributed by atoms with Crippen LogP contribution in [0.15, 0.2) is 60.0 Å². The second-order valence-corrected chi connectivity index (χ2v) is 7.39. The molecule has 0 saturated carbocycles. The molecule has 0 fully saturated rings. The summed E-state index contributed by atoms with van der Waals surface area (Å²) in [5.74, 6) is -1.11. The maximum Gasteiger partial charge on any atom is 0.355 e. The van der Waals surface area contributed by atoms with Gasteiger partial charge in [0.05, 0.1) is 11.4 Å². The zero-order valence-corrected chi connectivity index (χ0v) is 16.6. The van der Waals surface area contributed by atoms with E-state index in [9.17, 15) is 14.7 Å². The van der Waals surface area contributed by atoms with Crippen molar-refractivity contribution in [3.63, 3.8) is 0 Å². The van der Waals surface area contributed by atoms with E-state index in [1.807, 2.05) is 55.5 Å². The summed E-state index contributed by atoms with van der Waals surface area (Å²) >= 11 is 1.21. The third-order valence-electron chi connectivity index (χ3n) is 4.60. The summed E-state index contributed by atoms with van der Waals surface area (Å²) in [5, 5.41) is 16.0. The lowest BCUT2D eigenvalue weighted by Gasteiger charge is -2.07. The van der Waals surface area contributed by atoms with Crippen LogP contribution in [0.5, 0.6) is 0 Å². The highest BCUT2D eigenvalue weighted by Crippen LogP contribution is 2.34. The monoisotopic (exact) mass is 403 g/mol. The molecule has 2 aromatic heterocycles. The zero-order valence-electron chi connectivity index (χ0n) is 15.8. The highest BCUT2D eigenvalue weighted by atomic mass is 32.1. The van der Waals surface area contributed by atoms with Gasteiger partial charge in [0.25, 0.3) is 0 Å². The van der Waals surface area contributed by atoms with Crippen molar-refractivity contribution in [2.75, 3.05) is 0 Å². The van der Waals surface area contributed by atoms with Gasteiger partial charge < -0.3 is 5.11 Å². The molecule has 4 aromatic rings. The predicted octanol–water partition coefficient (Wildman–Crippen LogP) is 4.87. The van der Waals surface area contributed by atoms with E-state index >= 15 is 0 Å². The second-order valence-electron chi connectivity index (χ2n) is 6.56. The van der Waals surface area contributed by atoms with Crippen molar-refractivity contribution < 1.29 is 14.7 Å². The number of carbonyl (C=O) groups is 2. The molecule has 2 aromatic carbocycles. The highest BCUT2D eigenvalue weighted by Gasteiger charge is 2.21. The first-order valence-corrected chi connectivity index (χ1v) is 9.79. The normalized spacial score (nSPS) is 10.8. The molecule has 0 unspecified atom stereocenters. The minimum Gasteiger partial charge on any atom is -0.476 e. The largest absolute Gasteiger partial charge is 0.476 e. The number of carboxylic acids is 1. The fourth-order valence-corrected chi connectivity index (χ4v) is 3.94. The van der Waals surface area contributed by atoms with Crippen molar-refractivity contribution in [1.82, 2.24) is 14.8 Å². The topological polar surface area (TPSA) is 85.1 Å². The number of rotatable bonds is 5. The van der Waals surface area contributed by atoms with Crippen LogP contribution in [-0.2, 0) is 0 Å². The number of aromatic nitrogens is 3. The van der Waals surface area contributed by atoms with Crippen molar-refractivity contribution in [3.05, 3.63) is 76.8 Å². The Morgan fingerprint density at radius 3 is 2.41 bits per heavy atom. The van der Waals surface area contributed by atoms with Gasteiger partial charge in [-0.1, -0.05) is 48.5 Å². The Morgan fingerprint density at radius 1 is 1.03 bits per heavy atom. The fraction of sp³-hybridized carbons (Fsp3) is 0.0909. The first-order chi connectivity index (χ1) is 14.0. The average Bonchev–Trinajstić information content (AvgIpc) is 3.33. The lowest BCUT2D eigenvalue weighted by Crippen LogP contribution is -2.02. The fourth-order valence-electron chi connectivity index (χ4n) is 3.19. The van der Waals surface area contributed by atoms with Crippen molar-refractivity contribution in [1.29, 1.82) is 0 Å². The van der Waals surface area contributed by atoms with Crippen LogP contribution in [0.1, 0.15) is 33.3 Å². The van der Waals surface area contributed by atoms with Crippen molar-refractivity contribution >= 4 is 23.1 Å². The van der Waals surface area contributed by atoms with E-state index < -0.39 is 5.97 Å². The first-order valence-electron chi connectivity index (χ1n) is 8.91. The molecule has 0 aliphatic carbocycles. The number of hydrogen-bond donors (Lipinski definition) is 1. The van der Waals surface area contributed by atoms with Crippen molar-refractivity contribution in [2.45, 2.75) is 13.8 Å². The number of carboxylic acid groups (broad SMARTS) is 1. The number of benzene rings is 2. The minimum absolute atomic E-state index is 0.0251. The summed E-state index contributed by atoms with van der Waals surface area (Å²) in [6.45, 7) is 3.49. The molecule has 0 bridgehead atoms. The first kappa shape index (κ1) is 18.8. The van der Waals surface area contributed by atoms with E-state index in [-0.39, 0.29) is 11.5 Å². The molecule has 0 amide bonds. The molecule has 0 atom stereocenters. The predicted molar refractivity (Wildman–Crippen MR) is 112 cm³/mol. The van der Waals surface area contributed by atoms with Crippen LogP contribution >= 0.6 is 11.3 Å². The molecule has 0 aliphatic rings. The van der Waals surface area contributed by atoms with Gasteiger partial charge in [-0.05, 0) is 19.9 Å². The van der Waals surface area contributed by atoms with Crippen LogP contribution < -0.4 is 0 Å². The number of aromatic carboxylic acids is 1. The molecule has 0 aliphatic heterocycles. The molecule has 0 saturated heterocycles. The number of carbonyl (C=O) groups excluding carboxylic acids is 1. The van der Waals surface area contributed by atoms with Gasteiger partial charge in [-0.15, -0.1) is 11.3 Å². The van der Waals surface area contributed by atoms with Crippen LogP contribution in [0.25, 0.3) is 27.6 Å². The molecule has 29 heavy (non-hydrogen) atoms. The van der Waals surface area contributed by atoms with Crippen LogP contribution in [0.4, 0.5) is 0 Å². The van der Waals surface area contributed by atoms with Crippen molar-refractivity contribution in [2.24, 2.45) is 0 Å². The number of nitrogens with zero attached hydrogens (tertiary/aromatic N) is 3. The molecule has 6 nitrogen and oxygen atoms in total. The Kier molecular flexibility index (Phi) is 4.82. The van der Waals surface area contributed by atoms with E-state index in [2.05, 4.69) is 4.98 Å². The summed E-state index contributed by atoms with van der Waals surface area (Å²) < 4.78 is 1.66. The Morgan fingerprint density at radius 2 is 1.76 bits per heavy atom. The Labute approximate surface area is 171 Å². The maximum atomic E-state index is 11.9. The number of ketones is 1. The minimum atomic E-state index is -1.08. The molecular formula is C22H17N3O3S. The SMILES string of the molecule is CC(=O)c1cccc(-c2c(C)c(-c3ccccc3)nn2-c2nc(C(=O)O)cs2)c1. The second kappa shape index (κ2) is 7.44. The van der Waals surface area contributed by atoms with E-state index in [1.54, 1.807) is 10.7 Å². The third kappa shape index (κ3) is 3.48. The molecule has 4 rings (SSSR count). The van der Waals surface area contributed by atoms with Gasteiger partial charge in [-0.3, -0.25) is 4.79 Å². The van der Waals surface area contributed by atoms with Crippen LogP contribution in [0, 0.1) is 6.92 Å². The summed E-state index contributed by atoms with van der Waals surface area (Å²) in [7, 11) is 0. The molecular weight excluding hydrogens is 386 g/mol. The Bertz CT molecular complexity index is 1230. The number of hydrogen-bond acceptors (Lipinski definition) is 5. The lowest BCUT2D eigenvalue weighted by molar-refractivity contribution is 0.0691. The van der Waals surface area contributed by atoms with E-state index in [4.69, 9.17) is 5.10 Å². The zero-order chi connectivity index (χ0) is 20.5. The summed E-state index contributed by atoms with van der Waals surface area (Å²) in [4.78, 5) is 27.4. The Balaban J connectivity index is 1.97. The summed E-state index contributed by atoms with van der Waals surface area (Å²) in [6.07, 6.45) is 0. The quantitative estimate of drug-likeness (QED) is 0.481. The molecule has 144 valence electrons. The molecule has 7 heteroatoms. The number of Topliss-reactive ketones (excluding diaryl/α,β-unsaturated/α-hetero) is 1. The van der Waals surface area contributed by atoms with Gasteiger partial charge in [0, 0.05) is 27.6 Å². The third-order valence-corrected chi connectivity index (χ3v) is 5.42. The van der Waals surface area contributed by atoms with Crippen LogP contribution in [0.2, 0.25) is 0 Å². The highest BCUT2D eigenvalue weighted by molar-refractivity contribution is 7.12. The van der Waals surface area contributed by atoms with E-state index in [0.717, 1.165) is 28.1 Å². The van der Waals surface area contributed by atoms with Crippen LogP contribution in [0.3, 0.4) is 0 Å². The van der Waals surface area contributed by atoms with Crippen LogP contribution in [-0.4, -0.2) is 31.6 Å². The Hall–Kier alpha value is -3.58. The molecule has 0 spiro atoms. The van der Waals surface area contributed by atoms with Gasteiger partial charge in [0.1, 0.15) is 0 Å². The van der Waals surface area contributed by atoms with Gasteiger partial charge >= 0.3 is 5.97 Å². The summed E-state index contributed by atoms with van der Waals surface area (Å²) in [6, 6.07) is 17.1. The van der Waals surface area contributed by atoms with Gasteiger partial charge in [0.15, 0.2) is 11.5 Å². The smallest absolute Gasteiger partial charge is 0.355 e. The molecule has 2 heterocycles. The molecule has 1 N–H and O–H groups in total. The lowest BCUT2D eigenvalue weighted by atomic mass is 10.0. The number of thiazole rings is 1.